The zero-order chi connectivity index (χ0) is 23.1. The van der Waals surface area contributed by atoms with Gasteiger partial charge in [-0.05, 0) is 37.9 Å². The molecule has 2 aromatic carbocycles. The summed E-state index contributed by atoms with van der Waals surface area (Å²) in [7, 11) is 1.96. The van der Waals surface area contributed by atoms with E-state index in [2.05, 4.69) is 15.5 Å². The lowest BCUT2D eigenvalue weighted by Crippen LogP contribution is -2.49. The molecule has 0 aliphatic rings. The van der Waals surface area contributed by atoms with Gasteiger partial charge in [-0.25, -0.2) is 0 Å². The van der Waals surface area contributed by atoms with Crippen LogP contribution < -0.4 is 10.6 Å². The number of aryl methyl sites for hydroxylation is 1. The van der Waals surface area contributed by atoms with Crippen molar-refractivity contribution in [1.82, 2.24) is 10.2 Å². The molecule has 166 valence electrons. The lowest BCUT2D eigenvalue weighted by atomic mass is 10.0. The van der Waals surface area contributed by atoms with Crippen molar-refractivity contribution in [3.8, 4) is 0 Å². The van der Waals surface area contributed by atoms with Crippen LogP contribution in [0.1, 0.15) is 30.5 Å². The van der Waals surface area contributed by atoms with Crippen LogP contribution >= 0.6 is 0 Å². The minimum absolute atomic E-state index is 0.107. The van der Waals surface area contributed by atoms with Crippen LogP contribution in [0.5, 0.6) is 0 Å². The van der Waals surface area contributed by atoms with Crippen molar-refractivity contribution in [2.75, 3.05) is 18.9 Å². The molecule has 1 atom stereocenters. The molecule has 0 fully saturated rings. The summed E-state index contributed by atoms with van der Waals surface area (Å²) in [6.07, 6.45) is 0. The number of nitrogens with one attached hydrogen (secondary N) is 2. The number of hydrogen-bond donors (Lipinski definition) is 2. The fraction of sp³-hybridized carbons (Fsp3) is 0.391. The lowest BCUT2D eigenvalue weighted by Gasteiger charge is -2.27. The molecule has 0 aliphatic heterocycles. The Balaban J connectivity index is 2.05. The highest BCUT2D eigenvalue weighted by Gasteiger charge is 2.24. The quantitative estimate of drug-likeness (QED) is 0.382. The van der Waals surface area contributed by atoms with Crippen LogP contribution in [-0.4, -0.2) is 41.3 Å². The van der Waals surface area contributed by atoms with Gasteiger partial charge < -0.3 is 15.5 Å². The summed E-state index contributed by atoms with van der Waals surface area (Å²) in [6.45, 7) is 8.52. The Morgan fingerprint density at radius 3 is 2.29 bits per heavy atom. The van der Waals surface area contributed by atoms with Crippen molar-refractivity contribution in [3.05, 3.63) is 69.3 Å². The number of carbonyl (C=O) groups excluding carboxylic acids is 2. The number of hydrogen-bond acceptors (Lipinski definition) is 5. The van der Waals surface area contributed by atoms with E-state index in [4.69, 9.17) is 0 Å². The summed E-state index contributed by atoms with van der Waals surface area (Å²) in [5.41, 5.74) is 2.30. The molecule has 0 aromatic heterocycles. The first-order valence-electron chi connectivity index (χ1n) is 10.2. The van der Waals surface area contributed by atoms with Crippen LogP contribution in [0.3, 0.4) is 0 Å². The SMILES string of the molecule is Cc1ccc([N+](=O)[O-])c(C)c1NC(=O)C(=O)NC(CN(C)Cc1ccccc1)C(C)C. The van der Waals surface area contributed by atoms with Crippen LogP contribution in [0.15, 0.2) is 42.5 Å². The van der Waals surface area contributed by atoms with E-state index in [1.54, 1.807) is 19.9 Å². The van der Waals surface area contributed by atoms with Crippen LogP contribution in [-0.2, 0) is 16.1 Å². The fourth-order valence-electron chi connectivity index (χ4n) is 3.35. The predicted octanol–water partition coefficient (Wildman–Crippen LogP) is 3.42. The maximum Gasteiger partial charge on any atom is 0.313 e. The summed E-state index contributed by atoms with van der Waals surface area (Å²) in [4.78, 5) is 37.8. The Hall–Kier alpha value is -3.26. The summed E-state index contributed by atoms with van der Waals surface area (Å²) < 4.78 is 0. The standard InChI is InChI=1S/C23H30N4O4/c1-15(2)19(14-26(5)13-18-9-7-6-8-10-18)24-22(28)23(29)25-21-16(3)11-12-20(17(21)4)27(30)31/h6-12,15,19H,13-14H2,1-5H3,(H,24,28)(H,25,29). The zero-order valence-electron chi connectivity index (χ0n) is 18.6. The van der Waals surface area contributed by atoms with Crippen LogP contribution in [0.25, 0.3) is 0 Å². The second kappa shape index (κ2) is 10.7. The summed E-state index contributed by atoms with van der Waals surface area (Å²) in [6, 6.07) is 12.7. The number of anilines is 1. The van der Waals surface area contributed by atoms with Gasteiger partial charge in [0.1, 0.15) is 0 Å². The number of nitro groups is 1. The first-order chi connectivity index (χ1) is 14.6. The predicted molar refractivity (Wildman–Crippen MR) is 121 cm³/mol. The van der Waals surface area contributed by atoms with E-state index in [-0.39, 0.29) is 23.3 Å². The van der Waals surface area contributed by atoms with Crippen molar-refractivity contribution in [3.63, 3.8) is 0 Å². The third-order valence-electron chi connectivity index (χ3n) is 5.21. The molecule has 2 aromatic rings. The maximum atomic E-state index is 12.6. The van der Waals surface area contributed by atoms with Crippen molar-refractivity contribution in [2.24, 2.45) is 5.92 Å². The minimum atomic E-state index is -0.844. The Bertz CT molecular complexity index is 944. The smallest absolute Gasteiger partial charge is 0.313 e. The van der Waals surface area contributed by atoms with Gasteiger partial charge in [0.05, 0.1) is 16.2 Å². The molecular formula is C23H30N4O4. The highest BCUT2D eigenvalue weighted by molar-refractivity contribution is 6.39. The zero-order valence-corrected chi connectivity index (χ0v) is 18.6. The summed E-state index contributed by atoms with van der Waals surface area (Å²) in [5, 5.41) is 16.5. The van der Waals surface area contributed by atoms with Gasteiger partial charge in [-0.1, -0.05) is 50.2 Å². The molecule has 0 bridgehead atoms. The van der Waals surface area contributed by atoms with Gasteiger partial charge in [0.25, 0.3) is 5.69 Å². The highest BCUT2D eigenvalue weighted by Crippen LogP contribution is 2.28. The van der Waals surface area contributed by atoms with Gasteiger partial charge in [-0.15, -0.1) is 0 Å². The Morgan fingerprint density at radius 1 is 1.06 bits per heavy atom. The van der Waals surface area contributed by atoms with E-state index in [0.717, 1.165) is 12.1 Å². The van der Waals surface area contributed by atoms with E-state index >= 15 is 0 Å². The average Bonchev–Trinajstić information content (AvgIpc) is 2.70. The lowest BCUT2D eigenvalue weighted by molar-refractivity contribution is -0.385. The van der Waals surface area contributed by atoms with Crippen LogP contribution in [0.4, 0.5) is 11.4 Å². The fourth-order valence-corrected chi connectivity index (χ4v) is 3.35. The number of nitrogens with zero attached hydrogens (tertiary/aromatic N) is 2. The Kier molecular flexibility index (Phi) is 8.27. The van der Waals surface area contributed by atoms with Gasteiger partial charge >= 0.3 is 11.8 Å². The highest BCUT2D eigenvalue weighted by atomic mass is 16.6. The number of nitro benzene ring substituents is 1. The molecule has 1 unspecified atom stereocenters. The molecule has 0 saturated carbocycles. The van der Waals surface area contributed by atoms with Gasteiger partial charge in [-0.3, -0.25) is 19.7 Å². The van der Waals surface area contributed by atoms with E-state index in [1.165, 1.54) is 6.07 Å². The van der Waals surface area contributed by atoms with Crippen molar-refractivity contribution in [1.29, 1.82) is 0 Å². The second-order valence-electron chi connectivity index (χ2n) is 8.12. The number of carbonyl (C=O) groups is 2. The largest absolute Gasteiger partial charge is 0.344 e. The van der Waals surface area contributed by atoms with Gasteiger partial charge in [-0.2, -0.15) is 0 Å². The maximum absolute atomic E-state index is 12.6. The Morgan fingerprint density at radius 2 is 1.71 bits per heavy atom. The minimum Gasteiger partial charge on any atom is -0.344 e. The third-order valence-corrected chi connectivity index (χ3v) is 5.21. The van der Waals surface area contributed by atoms with Gasteiger partial charge in [0.2, 0.25) is 0 Å². The number of amides is 2. The molecule has 2 amide bonds. The molecule has 31 heavy (non-hydrogen) atoms. The average molecular weight is 427 g/mol. The van der Waals surface area contributed by atoms with Crippen molar-refractivity contribution >= 4 is 23.2 Å². The summed E-state index contributed by atoms with van der Waals surface area (Å²) >= 11 is 0. The van der Waals surface area contributed by atoms with Crippen molar-refractivity contribution in [2.45, 2.75) is 40.3 Å². The third kappa shape index (κ3) is 6.62. The van der Waals surface area contributed by atoms with Gasteiger partial charge in [0.15, 0.2) is 0 Å². The first-order valence-corrected chi connectivity index (χ1v) is 10.2. The van der Waals surface area contributed by atoms with E-state index in [1.807, 2.05) is 51.2 Å². The molecule has 8 nitrogen and oxygen atoms in total. The van der Waals surface area contributed by atoms with E-state index < -0.39 is 16.7 Å². The molecule has 2 N–H and O–H groups in total. The molecule has 0 aliphatic carbocycles. The number of benzene rings is 2. The molecule has 2 rings (SSSR count). The first kappa shape index (κ1) is 24.0. The Labute approximate surface area is 182 Å². The van der Waals surface area contributed by atoms with Crippen LogP contribution in [0.2, 0.25) is 0 Å². The van der Waals surface area contributed by atoms with Crippen molar-refractivity contribution < 1.29 is 14.5 Å². The molecule has 0 radical (unpaired) electrons. The molecule has 8 heteroatoms. The second-order valence-corrected chi connectivity index (χ2v) is 8.12. The number of rotatable bonds is 8. The molecular weight excluding hydrogens is 396 g/mol. The van der Waals surface area contributed by atoms with Crippen LogP contribution in [0, 0.1) is 29.9 Å². The monoisotopic (exact) mass is 426 g/mol. The molecule has 0 heterocycles. The normalized spacial score (nSPS) is 12.0. The topological polar surface area (TPSA) is 105 Å². The van der Waals surface area contributed by atoms with Gasteiger partial charge in [0, 0.05) is 25.2 Å². The summed E-state index contributed by atoms with van der Waals surface area (Å²) in [5.74, 6) is -1.50. The van der Waals surface area contributed by atoms with E-state index in [9.17, 15) is 19.7 Å². The number of likely N-dealkylation sites (N-methyl/N-ethyl adjacent to an activating group) is 1. The molecule has 0 spiro atoms. The van der Waals surface area contributed by atoms with E-state index in [0.29, 0.717) is 17.7 Å². The molecule has 0 saturated heterocycles.